The molecule has 0 aromatic heterocycles. The highest BCUT2D eigenvalue weighted by molar-refractivity contribution is 5.34. The molecule has 3 unspecified atom stereocenters. The van der Waals surface area contributed by atoms with Crippen molar-refractivity contribution in [2.75, 3.05) is 7.11 Å². The maximum Gasteiger partial charge on any atom is 0.0860 e. The van der Waals surface area contributed by atoms with Crippen LogP contribution in [0.2, 0.25) is 0 Å². The molecule has 1 aromatic rings. The summed E-state index contributed by atoms with van der Waals surface area (Å²) >= 11 is 0. The van der Waals surface area contributed by atoms with Crippen molar-refractivity contribution >= 4 is 0 Å². The minimum atomic E-state index is 0.248. The normalized spacial score (nSPS) is 30.5. The fourth-order valence-electron chi connectivity index (χ4n) is 3.19. The van der Waals surface area contributed by atoms with Crippen LogP contribution in [-0.2, 0) is 11.2 Å². The molecule has 2 aliphatic carbocycles. The van der Waals surface area contributed by atoms with E-state index in [1.165, 1.54) is 11.1 Å². The molecular weight excluding hydrogens is 208 g/mol. The van der Waals surface area contributed by atoms with Crippen LogP contribution in [0.5, 0.6) is 0 Å². The van der Waals surface area contributed by atoms with Crippen molar-refractivity contribution < 1.29 is 4.74 Å². The van der Waals surface area contributed by atoms with E-state index in [1.807, 2.05) is 7.11 Å². The molecule has 0 radical (unpaired) electrons. The van der Waals surface area contributed by atoms with Gasteiger partial charge in [0.2, 0.25) is 0 Å². The highest BCUT2D eigenvalue weighted by Crippen LogP contribution is 2.43. The third-order valence-corrected chi connectivity index (χ3v) is 4.02. The van der Waals surface area contributed by atoms with Gasteiger partial charge in [0, 0.05) is 7.11 Å². The summed E-state index contributed by atoms with van der Waals surface area (Å²) in [6, 6.07) is 8.71. The first kappa shape index (κ1) is 10.8. The molecule has 1 nitrogen and oxygen atoms in total. The van der Waals surface area contributed by atoms with Crippen molar-refractivity contribution in [2.24, 2.45) is 11.8 Å². The molecule has 1 heteroatoms. The summed E-state index contributed by atoms with van der Waals surface area (Å²) in [5.74, 6) is 1.20. The molecular formula is C16H18O. The number of hydrogen-bond donors (Lipinski definition) is 0. The standard InChI is InChI=1S/C16H18O/c1-17-16-14-9-4-2-3-7-12(14)11-13-8-5-6-10-15(13)16/h2-8,10,12,14,16H,9,11H2,1H3. The van der Waals surface area contributed by atoms with Gasteiger partial charge in [0.05, 0.1) is 6.10 Å². The number of allylic oxidation sites excluding steroid dienone is 4. The smallest absolute Gasteiger partial charge is 0.0860 e. The van der Waals surface area contributed by atoms with Gasteiger partial charge in [-0.3, -0.25) is 0 Å². The van der Waals surface area contributed by atoms with E-state index in [1.54, 1.807) is 0 Å². The predicted molar refractivity (Wildman–Crippen MR) is 69.8 cm³/mol. The van der Waals surface area contributed by atoms with Gasteiger partial charge in [-0.1, -0.05) is 48.6 Å². The first-order chi connectivity index (χ1) is 8.40. The Morgan fingerprint density at radius 1 is 1.18 bits per heavy atom. The molecule has 0 saturated carbocycles. The Balaban J connectivity index is 2.04. The van der Waals surface area contributed by atoms with Crippen LogP contribution >= 0.6 is 0 Å². The average Bonchev–Trinajstić information content (AvgIpc) is 2.60. The van der Waals surface area contributed by atoms with Gasteiger partial charge in [-0.25, -0.2) is 0 Å². The zero-order chi connectivity index (χ0) is 11.7. The van der Waals surface area contributed by atoms with E-state index in [2.05, 4.69) is 48.6 Å². The Kier molecular flexibility index (Phi) is 2.86. The molecule has 3 rings (SSSR count). The van der Waals surface area contributed by atoms with Crippen LogP contribution in [0.4, 0.5) is 0 Å². The Morgan fingerprint density at radius 3 is 2.94 bits per heavy atom. The van der Waals surface area contributed by atoms with Gasteiger partial charge in [0.1, 0.15) is 0 Å². The van der Waals surface area contributed by atoms with Gasteiger partial charge in [0.25, 0.3) is 0 Å². The topological polar surface area (TPSA) is 9.23 Å². The Hall–Kier alpha value is -1.34. The van der Waals surface area contributed by atoms with E-state index in [-0.39, 0.29) is 6.10 Å². The summed E-state index contributed by atoms with van der Waals surface area (Å²) in [6.07, 6.45) is 11.5. The Bertz CT molecular complexity index is 458. The van der Waals surface area contributed by atoms with Gasteiger partial charge < -0.3 is 4.74 Å². The molecule has 0 bridgehead atoms. The maximum absolute atomic E-state index is 5.77. The lowest BCUT2D eigenvalue weighted by Gasteiger charge is -2.37. The summed E-state index contributed by atoms with van der Waals surface area (Å²) in [4.78, 5) is 0. The number of hydrogen-bond acceptors (Lipinski definition) is 1. The van der Waals surface area contributed by atoms with Gasteiger partial charge >= 0.3 is 0 Å². The van der Waals surface area contributed by atoms with Crippen molar-refractivity contribution in [1.82, 2.24) is 0 Å². The summed E-state index contributed by atoms with van der Waals surface area (Å²) in [5, 5.41) is 0. The fraction of sp³-hybridized carbons (Fsp3) is 0.375. The van der Waals surface area contributed by atoms with Crippen LogP contribution in [0.15, 0.2) is 48.6 Å². The summed E-state index contributed by atoms with van der Waals surface area (Å²) in [5.41, 5.74) is 2.84. The molecule has 0 spiro atoms. The zero-order valence-electron chi connectivity index (χ0n) is 10.2. The quantitative estimate of drug-likeness (QED) is 0.709. The summed E-state index contributed by atoms with van der Waals surface area (Å²) in [7, 11) is 1.84. The third-order valence-electron chi connectivity index (χ3n) is 4.02. The first-order valence-corrected chi connectivity index (χ1v) is 6.34. The molecule has 0 amide bonds. The molecule has 0 N–H and O–H groups in total. The largest absolute Gasteiger partial charge is 0.376 e. The highest BCUT2D eigenvalue weighted by atomic mass is 16.5. The van der Waals surface area contributed by atoms with E-state index in [0.717, 1.165) is 12.8 Å². The molecule has 3 atom stereocenters. The van der Waals surface area contributed by atoms with E-state index >= 15 is 0 Å². The molecule has 88 valence electrons. The van der Waals surface area contributed by atoms with E-state index in [0.29, 0.717) is 11.8 Å². The summed E-state index contributed by atoms with van der Waals surface area (Å²) < 4.78 is 5.77. The molecule has 0 aliphatic heterocycles. The molecule has 2 aliphatic rings. The maximum atomic E-state index is 5.77. The van der Waals surface area contributed by atoms with Gasteiger partial charge in [-0.2, -0.15) is 0 Å². The van der Waals surface area contributed by atoms with Gasteiger partial charge in [0.15, 0.2) is 0 Å². The van der Waals surface area contributed by atoms with Gasteiger partial charge in [-0.15, -0.1) is 0 Å². The van der Waals surface area contributed by atoms with E-state index in [4.69, 9.17) is 4.74 Å². The Labute approximate surface area is 103 Å². The van der Waals surface area contributed by atoms with Crippen LogP contribution in [-0.4, -0.2) is 7.11 Å². The molecule has 0 saturated heterocycles. The fourth-order valence-corrected chi connectivity index (χ4v) is 3.19. The lowest BCUT2D eigenvalue weighted by atomic mass is 9.73. The van der Waals surface area contributed by atoms with Crippen LogP contribution in [0, 0.1) is 11.8 Å². The third kappa shape index (κ3) is 1.85. The van der Waals surface area contributed by atoms with E-state index < -0.39 is 0 Å². The van der Waals surface area contributed by atoms with Crippen molar-refractivity contribution in [2.45, 2.75) is 18.9 Å². The first-order valence-electron chi connectivity index (χ1n) is 6.34. The number of ether oxygens (including phenoxy) is 1. The van der Waals surface area contributed by atoms with Crippen molar-refractivity contribution in [3.8, 4) is 0 Å². The molecule has 17 heavy (non-hydrogen) atoms. The minimum absolute atomic E-state index is 0.248. The number of benzene rings is 1. The second-order valence-corrected chi connectivity index (χ2v) is 4.94. The Morgan fingerprint density at radius 2 is 2.06 bits per heavy atom. The van der Waals surface area contributed by atoms with Crippen molar-refractivity contribution in [3.05, 3.63) is 59.7 Å². The van der Waals surface area contributed by atoms with Crippen molar-refractivity contribution in [1.29, 1.82) is 0 Å². The minimum Gasteiger partial charge on any atom is -0.376 e. The van der Waals surface area contributed by atoms with Crippen LogP contribution in [0.1, 0.15) is 23.7 Å². The lowest BCUT2D eigenvalue weighted by Crippen LogP contribution is -2.29. The number of rotatable bonds is 1. The van der Waals surface area contributed by atoms with Crippen LogP contribution in [0.25, 0.3) is 0 Å². The van der Waals surface area contributed by atoms with Gasteiger partial charge in [-0.05, 0) is 35.8 Å². The monoisotopic (exact) mass is 226 g/mol. The second kappa shape index (κ2) is 4.50. The van der Waals surface area contributed by atoms with Crippen molar-refractivity contribution in [3.63, 3.8) is 0 Å². The number of fused-ring (bicyclic) bond motifs is 2. The lowest BCUT2D eigenvalue weighted by molar-refractivity contribution is 0.0268. The van der Waals surface area contributed by atoms with Crippen LogP contribution < -0.4 is 0 Å². The van der Waals surface area contributed by atoms with Crippen LogP contribution in [0.3, 0.4) is 0 Å². The zero-order valence-corrected chi connectivity index (χ0v) is 10.2. The molecule has 0 heterocycles. The average molecular weight is 226 g/mol. The number of methoxy groups -OCH3 is 1. The SMILES string of the molecule is COC1c2ccccc2CC2C=CC=CCC21. The second-order valence-electron chi connectivity index (χ2n) is 4.94. The molecule has 1 aromatic carbocycles. The summed E-state index contributed by atoms with van der Waals surface area (Å²) in [6.45, 7) is 0. The highest BCUT2D eigenvalue weighted by Gasteiger charge is 2.34. The molecule has 0 fully saturated rings. The predicted octanol–water partition coefficient (Wildman–Crippen LogP) is 3.68. The van der Waals surface area contributed by atoms with E-state index in [9.17, 15) is 0 Å².